The summed E-state index contributed by atoms with van der Waals surface area (Å²) >= 11 is 0. The highest BCUT2D eigenvalue weighted by molar-refractivity contribution is 7.89. The topological polar surface area (TPSA) is 144 Å². The zero-order valence-corrected chi connectivity index (χ0v) is 14.5. The molecule has 25 heavy (non-hydrogen) atoms. The minimum atomic E-state index is -3.79. The van der Waals surface area contributed by atoms with Gasteiger partial charge in [0.05, 0.1) is 4.90 Å². The lowest BCUT2D eigenvalue weighted by atomic mass is 10.1. The molecule has 0 saturated heterocycles. The number of carbonyl (C=O) groups excluding carboxylic acids is 1. The quantitative estimate of drug-likeness (QED) is 0.659. The van der Waals surface area contributed by atoms with Gasteiger partial charge in [-0.2, -0.15) is 0 Å². The van der Waals surface area contributed by atoms with E-state index in [4.69, 9.17) is 5.14 Å². The molecule has 0 unspecified atom stereocenters. The Morgan fingerprint density at radius 3 is 2.40 bits per heavy atom. The number of hydrogen-bond acceptors (Lipinski definition) is 5. The molecule has 0 aliphatic heterocycles. The maximum Gasteiger partial charge on any atom is 0.328 e. The third-order valence-electron chi connectivity index (χ3n) is 3.68. The summed E-state index contributed by atoms with van der Waals surface area (Å²) in [6.07, 6.45) is 0.190. The maximum atomic E-state index is 12.1. The minimum absolute atomic E-state index is 0.0268. The molecular weight excluding hydrogens is 348 g/mol. The number of sulfonamides is 1. The van der Waals surface area contributed by atoms with Gasteiger partial charge in [0.25, 0.3) is 5.56 Å². The zero-order chi connectivity index (χ0) is 18.8. The Bertz CT molecular complexity index is 1020. The van der Waals surface area contributed by atoms with Crippen LogP contribution in [0.3, 0.4) is 0 Å². The molecule has 0 aliphatic carbocycles. The average molecular weight is 366 g/mol. The lowest BCUT2D eigenvalue weighted by Gasteiger charge is -2.08. The molecular formula is C15H18N4O5S. The number of nitrogens with two attached hydrogens (primary N) is 1. The first-order valence-corrected chi connectivity index (χ1v) is 8.85. The molecule has 1 amide bonds. The summed E-state index contributed by atoms with van der Waals surface area (Å²) in [6.45, 7) is 1.60. The predicted molar refractivity (Wildman–Crippen MR) is 91.8 cm³/mol. The number of rotatable bonds is 5. The SMILES string of the molecule is Cc1[nH]c(=O)n(C)c(=O)c1CCC(=O)Nc1ccc(S(N)(=O)=O)cc1. The van der Waals surface area contributed by atoms with Crippen molar-refractivity contribution in [1.82, 2.24) is 9.55 Å². The van der Waals surface area contributed by atoms with Crippen molar-refractivity contribution < 1.29 is 13.2 Å². The van der Waals surface area contributed by atoms with Crippen LogP contribution in [-0.2, 0) is 28.3 Å². The number of primary sulfonamides is 1. The highest BCUT2D eigenvalue weighted by atomic mass is 32.2. The van der Waals surface area contributed by atoms with Gasteiger partial charge in [-0.3, -0.25) is 14.2 Å². The zero-order valence-electron chi connectivity index (χ0n) is 13.7. The van der Waals surface area contributed by atoms with Gasteiger partial charge in [-0.05, 0) is 37.6 Å². The molecule has 1 aromatic carbocycles. The number of nitrogens with one attached hydrogen (secondary N) is 2. The third kappa shape index (κ3) is 4.43. The first-order valence-electron chi connectivity index (χ1n) is 7.31. The molecule has 2 rings (SSSR count). The van der Waals surface area contributed by atoms with Gasteiger partial charge >= 0.3 is 5.69 Å². The summed E-state index contributed by atoms with van der Waals surface area (Å²) in [5.41, 5.74) is 0.251. The normalized spacial score (nSPS) is 11.3. The molecule has 10 heteroatoms. The molecule has 0 spiro atoms. The first-order chi connectivity index (χ1) is 11.6. The van der Waals surface area contributed by atoms with Crippen LogP contribution in [0.25, 0.3) is 0 Å². The van der Waals surface area contributed by atoms with Crippen molar-refractivity contribution in [3.05, 3.63) is 56.4 Å². The second-order valence-electron chi connectivity index (χ2n) is 5.52. The Labute approximate surface area is 143 Å². The van der Waals surface area contributed by atoms with E-state index in [-0.39, 0.29) is 23.6 Å². The number of aromatic nitrogens is 2. The van der Waals surface area contributed by atoms with Gasteiger partial charge in [-0.1, -0.05) is 0 Å². The summed E-state index contributed by atoms with van der Waals surface area (Å²) in [5, 5.41) is 7.60. The van der Waals surface area contributed by atoms with E-state index in [2.05, 4.69) is 10.3 Å². The van der Waals surface area contributed by atoms with Gasteiger partial charge in [0, 0.05) is 30.4 Å². The van der Waals surface area contributed by atoms with Gasteiger partial charge in [-0.25, -0.2) is 18.4 Å². The second kappa shape index (κ2) is 7.03. The predicted octanol–water partition coefficient (Wildman–Crippen LogP) is -0.399. The van der Waals surface area contributed by atoms with Crippen LogP contribution in [0.2, 0.25) is 0 Å². The summed E-state index contributed by atoms with van der Waals surface area (Å²) in [4.78, 5) is 38.0. The van der Waals surface area contributed by atoms with Crippen LogP contribution in [0.1, 0.15) is 17.7 Å². The van der Waals surface area contributed by atoms with E-state index in [9.17, 15) is 22.8 Å². The summed E-state index contributed by atoms with van der Waals surface area (Å²) < 4.78 is 23.3. The van der Waals surface area contributed by atoms with Gasteiger partial charge in [0.2, 0.25) is 15.9 Å². The fourth-order valence-electron chi connectivity index (χ4n) is 2.26. The van der Waals surface area contributed by atoms with Crippen molar-refractivity contribution in [3.63, 3.8) is 0 Å². The van der Waals surface area contributed by atoms with Crippen LogP contribution < -0.4 is 21.7 Å². The summed E-state index contributed by atoms with van der Waals surface area (Å²) in [6, 6.07) is 5.41. The number of aromatic amines is 1. The van der Waals surface area contributed by atoms with Crippen molar-refractivity contribution in [2.75, 3.05) is 5.32 Å². The van der Waals surface area contributed by atoms with Crippen LogP contribution in [-0.4, -0.2) is 23.9 Å². The lowest BCUT2D eigenvalue weighted by Crippen LogP contribution is -2.36. The average Bonchev–Trinajstić information content (AvgIpc) is 2.52. The number of amides is 1. The van der Waals surface area contributed by atoms with Crippen molar-refractivity contribution in [2.24, 2.45) is 12.2 Å². The molecule has 0 radical (unpaired) electrons. The van der Waals surface area contributed by atoms with E-state index in [1.54, 1.807) is 6.92 Å². The van der Waals surface area contributed by atoms with Crippen LogP contribution >= 0.6 is 0 Å². The molecule has 9 nitrogen and oxygen atoms in total. The van der Waals surface area contributed by atoms with Crippen LogP contribution in [0, 0.1) is 6.92 Å². The Morgan fingerprint density at radius 2 is 1.84 bits per heavy atom. The Balaban J connectivity index is 2.06. The maximum absolute atomic E-state index is 12.1. The van der Waals surface area contributed by atoms with Gasteiger partial charge < -0.3 is 10.3 Å². The molecule has 1 aromatic heterocycles. The van der Waals surface area contributed by atoms with E-state index in [0.717, 1.165) is 4.57 Å². The van der Waals surface area contributed by atoms with Crippen LogP contribution in [0.5, 0.6) is 0 Å². The Hall–Kier alpha value is -2.72. The molecule has 0 bridgehead atoms. The first kappa shape index (κ1) is 18.6. The van der Waals surface area contributed by atoms with E-state index in [1.165, 1.54) is 31.3 Å². The summed E-state index contributed by atoms with van der Waals surface area (Å²) in [7, 11) is -2.43. The molecule has 4 N–H and O–H groups in total. The fraction of sp³-hybridized carbons (Fsp3) is 0.267. The van der Waals surface area contributed by atoms with Crippen molar-refractivity contribution in [1.29, 1.82) is 0 Å². The van der Waals surface area contributed by atoms with Crippen LogP contribution in [0.15, 0.2) is 38.8 Å². The number of aryl methyl sites for hydroxylation is 1. The van der Waals surface area contributed by atoms with Crippen molar-refractivity contribution in [2.45, 2.75) is 24.7 Å². The molecule has 0 saturated carbocycles. The van der Waals surface area contributed by atoms with Crippen molar-refractivity contribution in [3.8, 4) is 0 Å². The van der Waals surface area contributed by atoms with Gasteiger partial charge in [0.15, 0.2) is 0 Å². The second-order valence-corrected chi connectivity index (χ2v) is 7.08. The lowest BCUT2D eigenvalue weighted by molar-refractivity contribution is -0.116. The van der Waals surface area contributed by atoms with Gasteiger partial charge in [0.1, 0.15) is 0 Å². The highest BCUT2D eigenvalue weighted by Crippen LogP contribution is 2.13. The fourth-order valence-corrected chi connectivity index (χ4v) is 2.77. The van der Waals surface area contributed by atoms with E-state index < -0.39 is 21.3 Å². The standard InChI is InChI=1S/C15H18N4O5S/c1-9-12(14(21)19(2)15(22)17-9)7-8-13(20)18-10-3-5-11(6-4-10)25(16,23)24/h3-6H,7-8H2,1-2H3,(H,17,22)(H,18,20)(H2,16,23,24). The van der Waals surface area contributed by atoms with Crippen LogP contribution in [0.4, 0.5) is 5.69 Å². The molecule has 0 atom stereocenters. The van der Waals surface area contributed by atoms with Gasteiger partial charge in [-0.15, -0.1) is 0 Å². The minimum Gasteiger partial charge on any atom is -0.326 e. The number of anilines is 1. The largest absolute Gasteiger partial charge is 0.328 e. The number of H-pyrrole nitrogens is 1. The number of carbonyl (C=O) groups is 1. The summed E-state index contributed by atoms with van der Waals surface area (Å²) in [5.74, 6) is -0.351. The highest BCUT2D eigenvalue weighted by Gasteiger charge is 2.12. The smallest absolute Gasteiger partial charge is 0.326 e. The molecule has 0 fully saturated rings. The molecule has 2 aromatic rings. The Morgan fingerprint density at radius 1 is 1.24 bits per heavy atom. The third-order valence-corrected chi connectivity index (χ3v) is 4.61. The number of nitrogens with zero attached hydrogens (tertiary/aromatic N) is 1. The monoisotopic (exact) mass is 366 g/mol. The number of hydrogen-bond donors (Lipinski definition) is 3. The Kier molecular flexibility index (Phi) is 5.24. The molecule has 0 aliphatic rings. The molecule has 134 valence electrons. The van der Waals surface area contributed by atoms with E-state index in [1.807, 2.05) is 0 Å². The van der Waals surface area contributed by atoms with E-state index in [0.29, 0.717) is 16.9 Å². The van der Waals surface area contributed by atoms with Crippen molar-refractivity contribution >= 4 is 21.6 Å². The molecule has 1 heterocycles. The number of benzene rings is 1. The van der Waals surface area contributed by atoms with E-state index >= 15 is 0 Å².